The Kier molecular flexibility index (Phi) is 14.8. The number of carbonyl (C=O) groups is 2. The van der Waals surface area contributed by atoms with Gasteiger partial charge >= 0.3 is 5.97 Å². The molecule has 1 amide bonds. The van der Waals surface area contributed by atoms with Crippen LogP contribution in [0, 0.1) is 0 Å². The normalized spacial score (nSPS) is 12.1. The van der Waals surface area contributed by atoms with Gasteiger partial charge in [0.1, 0.15) is 6.04 Å². The molecule has 0 aliphatic heterocycles. The lowest BCUT2D eigenvalue weighted by Gasteiger charge is -2.08. The van der Waals surface area contributed by atoms with Crippen molar-refractivity contribution >= 4 is 11.9 Å². The summed E-state index contributed by atoms with van der Waals surface area (Å²) in [6, 6.07) is -0.966. The van der Waals surface area contributed by atoms with Gasteiger partial charge in [0, 0.05) is 13.0 Å². The van der Waals surface area contributed by atoms with Gasteiger partial charge in [-0.3, -0.25) is 9.59 Å². The number of carbonyl (C=O) groups excluding carboxylic acids is 1. The highest BCUT2D eigenvalue weighted by Crippen LogP contribution is 1.94. The Morgan fingerprint density at radius 3 is 2.04 bits per heavy atom. The number of nitrogens with one attached hydrogen (secondary N) is 3. The van der Waals surface area contributed by atoms with Crippen molar-refractivity contribution in [3.05, 3.63) is 0 Å². The van der Waals surface area contributed by atoms with Gasteiger partial charge in [-0.1, -0.05) is 0 Å². The highest BCUT2D eigenvalue weighted by Gasteiger charge is 2.12. The average molecular weight is 331 g/mol. The van der Waals surface area contributed by atoms with Gasteiger partial charge < -0.3 is 32.5 Å². The first-order valence-electron chi connectivity index (χ1n) is 8.44. The molecule has 8 nitrogen and oxygen atoms in total. The van der Waals surface area contributed by atoms with E-state index in [1.807, 2.05) is 0 Å². The number of carboxylic acid groups (broad SMARTS) is 1. The molecule has 8 heteroatoms. The molecule has 0 rings (SSSR count). The maximum atomic E-state index is 11.5. The van der Waals surface area contributed by atoms with Crippen LogP contribution in [0.2, 0.25) is 0 Å². The highest BCUT2D eigenvalue weighted by atomic mass is 16.4. The van der Waals surface area contributed by atoms with Gasteiger partial charge in [-0.25, -0.2) is 0 Å². The highest BCUT2D eigenvalue weighted by molar-refractivity contribution is 5.78. The summed E-state index contributed by atoms with van der Waals surface area (Å²) < 4.78 is 0. The molecule has 0 saturated carbocycles. The molecule has 0 aromatic rings. The van der Waals surface area contributed by atoms with Crippen LogP contribution in [0.5, 0.6) is 0 Å². The molecule has 136 valence electrons. The monoisotopic (exact) mass is 331 g/mol. The van der Waals surface area contributed by atoms with Crippen LogP contribution in [0.3, 0.4) is 0 Å². The smallest absolute Gasteiger partial charge is 0.320 e. The second-order valence-corrected chi connectivity index (χ2v) is 5.54. The minimum absolute atomic E-state index is 0.148. The van der Waals surface area contributed by atoms with Crippen LogP contribution in [0.15, 0.2) is 0 Å². The number of unbranched alkanes of at least 4 members (excludes halogenated alkanes) is 1. The molecule has 8 N–H and O–H groups in total. The molecule has 0 heterocycles. The van der Waals surface area contributed by atoms with E-state index in [2.05, 4.69) is 16.0 Å². The fraction of sp³-hybridized carbons (Fsp3) is 0.867. The van der Waals surface area contributed by atoms with Crippen molar-refractivity contribution in [2.45, 2.75) is 44.6 Å². The zero-order chi connectivity index (χ0) is 17.3. The van der Waals surface area contributed by atoms with E-state index in [0.29, 0.717) is 6.54 Å². The third-order valence-corrected chi connectivity index (χ3v) is 3.37. The van der Waals surface area contributed by atoms with E-state index in [4.69, 9.17) is 16.6 Å². The number of amides is 1. The lowest BCUT2D eigenvalue weighted by atomic mass is 10.1. The van der Waals surface area contributed by atoms with E-state index < -0.39 is 12.0 Å². The third kappa shape index (κ3) is 15.4. The lowest BCUT2D eigenvalue weighted by molar-refractivity contribution is -0.138. The summed E-state index contributed by atoms with van der Waals surface area (Å²) in [7, 11) is 0. The summed E-state index contributed by atoms with van der Waals surface area (Å²) in [6.45, 7) is 5.17. The van der Waals surface area contributed by atoms with E-state index >= 15 is 0 Å². The summed E-state index contributed by atoms with van der Waals surface area (Å²) in [5.74, 6) is -1.22. The van der Waals surface area contributed by atoms with Gasteiger partial charge in [0.05, 0.1) is 0 Å². The Morgan fingerprint density at radius 2 is 1.48 bits per heavy atom. The number of rotatable bonds is 16. The molecule has 23 heavy (non-hydrogen) atoms. The Morgan fingerprint density at radius 1 is 0.913 bits per heavy atom. The SMILES string of the molecule is NCCCNCCCCNCCCNC(=O)CCC(N)C(=O)O. The first-order valence-corrected chi connectivity index (χ1v) is 8.44. The molecule has 0 aliphatic rings. The van der Waals surface area contributed by atoms with E-state index in [1.165, 1.54) is 0 Å². The van der Waals surface area contributed by atoms with Crippen LogP contribution >= 0.6 is 0 Å². The standard InChI is InChI=1S/C15H33N5O3/c16-7-3-10-18-8-1-2-9-19-11-4-12-20-14(21)6-5-13(17)15(22)23/h13,18-19H,1-12,16-17H2,(H,20,21)(H,22,23). The average Bonchev–Trinajstić information content (AvgIpc) is 2.53. The molecular formula is C15H33N5O3. The van der Waals surface area contributed by atoms with Crippen molar-refractivity contribution < 1.29 is 14.7 Å². The van der Waals surface area contributed by atoms with Gasteiger partial charge in [-0.2, -0.15) is 0 Å². The van der Waals surface area contributed by atoms with Crippen LogP contribution in [0.4, 0.5) is 0 Å². The van der Waals surface area contributed by atoms with E-state index in [-0.39, 0.29) is 18.7 Å². The molecular weight excluding hydrogens is 298 g/mol. The predicted octanol–water partition coefficient (Wildman–Crippen LogP) is -1.01. The molecule has 0 fully saturated rings. The van der Waals surface area contributed by atoms with Crippen molar-refractivity contribution in [1.29, 1.82) is 0 Å². The number of carboxylic acids is 1. The molecule has 0 saturated heterocycles. The maximum absolute atomic E-state index is 11.5. The fourth-order valence-corrected chi connectivity index (χ4v) is 1.92. The zero-order valence-corrected chi connectivity index (χ0v) is 14.0. The summed E-state index contributed by atoms with van der Waals surface area (Å²) in [4.78, 5) is 22.0. The van der Waals surface area contributed by atoms with Crippen LogP contribution in [-0.2, 0) is 9.59 Å². The summed E-state index contributed by atoms with van der Waals surface area (Å²) in [5.41, 5.74) is 10.7. The Bertz CT molecular complexity index is 315. The fourth-order valence-electron chi connectivity index (χ4n) is 1.92. The Hall–Kier alpha value is -1.22. The third-order valence-electron chi connectivity index (χ3n) is 3.37. The van der Waals surface area contributed by atoms with Gasteiger partial charge in [-0.15, -0.1) is 0 Å². The molecule has 0 spiro atoms. The van der Waals surface area contributed by atoms with Crippen molar-refractivity contribution in [2.75, 3.05) is 39.3 Å². The first-order chi connectivity index (χ1) is 11.1. The minimum atomic E-state index is -1.07. The van der Waals surface area contributed by atoms with E-state index in [1.54, 1.807) is 0 Å². The second kappa shape index (κ2) is 15.7. The van der Waals surface area contributed by atoms with Gasteiger partial charge in [0.15, 0.2) is 0 Å². The van der Waals surface area contributed by atoms with Crippen molar-refractivity contribution in [2.24, 2.45) is 11.5 Å². The number of nitrogens with two attached hydrogens (primary N) is 2. The van der Waals surface area contributed by atoms with Crippen molar-refractivity contribution in [3.8, 4) is 0 Å². The van der Waals surface area contributed by atoms with Crippen LogP contribution in [0.25, 0.3) is 0 Å². The van der Waals surface area contributed by atoms with Gasteiger partial charge in [0.2, 0.25) is 5.91 Å². The molecule has 1 atom stereocenters. The minimum Gasteiger partial charge on any atom is -0.480 e. The van der Waals surface area contributed by atoms with Crippen LogP contribution < -0.4 is 27.4 Å². The topological polar surface area (TPSA) is 142 Å². The van der Waals surface area contributed by atoms with Gasteiger partial charge in [-0.05, 0) is 64.8 Å². The first kappa shape index (κ1) is 21.8. The Balaban J connectivity index is 3.23. The quantitative estimate of drug-likeness (QED) is 0.199. The molecule has 0 radical (unpaired) electrons. The zero-order valence-electron chi connectivity index (χ0n) is 14.0. The van der Waals surface area contributed by atoms with Crippen molar-refractivity contribution in [3.63, 3.8) is 0 Å². The largest absolute Gasteiger partial charge is 0.480 e. The Labute approximate surface area is 138 Å². The second-order valence-electron chi connectivity index (χ2n) is 5.54. The molecule has 0 aromatic carbocycles. The molecule has 0 aromatic heterocycles. The number of hydrogen-bond donors (Lipinski definition) is 6. The number of aliphatic carboxylic acids is 1. The van der Waals surface area contributed by atoms with Crippen LogP contribution in [-0.4, -0.2) is 62.3 Å². The maximum Gasteiger partial charge on any atom is 0.320 e. The predicted molar refractivity (Wildman–Crippen MR) is 91.1 cm³/mol. The van der Waals surface area contributed by atoms with E-state index in [9.17, 15) is 9.59 Å². The molecule has 0 bridgehead atoms. The van der Waals surface area contributed by atoms with Crippen LogP contribution in [0.1, 0.15) is 38.5 Å². The number of hydrogen-bond acceptors (Lipinski definition) is 6. The van der Waals surface area contributed by atoms with Gasteiger partial charge in [0.25, 0.3) is 0 Å². The van der Waals surface area contributed by atoms with Crippen molar-refractivity contribution in [1.82, 2.24) is 16.0 Å². The summed E-state index contributed by atoms with van der Waals surface area (Å²) in [5, 5.41) is 18.0. The molecule has 1 unspecified atom stereocenters. The molecule has 0 aliphatic carbocycles. The van der Waals surface area contributed by atoms with E-state index in [0.717, 1.165) is 58.4 Å². The summed E-state index contributed by atoms with van der Waals surface area (Å²) in [6.07, 6.45) is 4.45. The summed E-state index contributed by atoms with van der Waals surface area (Å²) >= 11 is 0. The lowest BCUT2D eigenvalue weighted by Crippen LogP contribution is -2.33.